The molecule has 0 amide bonds. The Labute approximate surface area is 180 Å². The minimum Gasteiger partial charge on any atom is -0.481 e. The molecule has 1 fully saturated rings. The maximum absolute atomic E-state index is 12.5. The molecule has 172 valence electrons. The number of fused-ring (bicyclic) bond motifs is 1. The van der Waals surface area contributed by atoms with Gasteiger partial charge in [0.1, 0.15) is 6.10 Å². The number of rotatable bonds is 10. The molecule has 9 atom stereocenters. The van der Waals surface area contributed by atoms with E-state index < -0.39 is 18.2 Å². The third kappa shape index (κ3) is 6.81. The van der Waals surface area contributed by atoms with E-state index in [0.29, 0.717) is 24.2 Å². The third-order valence-electron chi connectivity index (χ3n) is 7.13. The van der Waals surface area contributed by atoms with Crippen molar-refractivity contribution in [3.05, 3.63) is 12.2 Å². The van der Waals surface area contributed by atoms with Crippen LogP contribution >= 0.6 is 0 Å². The number of carbonyl (C=O) groups excluding carboxylic acids is 1. The van der Waals surface area contributed by atoms with E-state index in [2.05, 4.69) is 26.0 Å². The highest BCUT2D eigenvalue weighted by atomic mass is 16.5. The molecule has 0 radical (unpaired) electrons. The fraction of sp³-hybridized carbons (Fsp3) is 0.833. The Bertz CT molecular complexity index is 603. The molecule has 1 saturated carbocycles. The summed E-state index contributed by atoms with van der Waals surface area (Å²) >= 11 is 0. The number of carbonyl (C=O) groups is 2. The van der Waals surface area contributed by atoms with Gasteiger partial charge in [0.15, 0.2) is 0 Å². The molecule has 2 rings (SSSR count). The van der Waals surface area contributed by atoms with Crippen molar-refractivity contribution >= 4 is 11.9 Å². The number of hydrogen-bond donors (Lipinski definition) is 3. The Morgan fingerprint density at radius 3 is 2.47 bits per heavy atom. The van der Waals surface area contributed by atoms with Gasteiger partial charge in [0, 0.05) is 5.92 Å². The zero-order chi connectivity index (χ0) is 22.4. The van der Waals surface area contributed by atoms with E-state index in [1.165, 1.54) is 0 Å². The Morgan fingerprint density at radius 1 is 1.13 bits per heavy atom. The summed E-state index contributed by atoms with van der Waals surface area (Å²) in [7, 11) is 0. The summed E-state index contributed by atoms with van der Waals surface area (Å²) in [6.45, 7) is 8.29. The van der Waals surface area contributed by atoms with Crippen molar-refractivity contribution in [2.24, 2.45) is 35.5 Å². The summed E-state index contributed by atoms with van der Waals surface area (Å²) in [6.07, 6.45) is 6.38. The van der Waals surface area contributed by atoms with E-state index in [1.54, 1.807) is 0 Å². The summed E-state index contributed by atoms with van der Waals surface area (Å²) in [6, 6.07) is 0. The van der Waals surface area contributed by atoms with Gasteiger partial charge in [0.25, 0.3) is 0 Å². The third-order valence-corrected chi connectivity index (χ3v) is 7.13. The second-order valence-corrected chi connectivity index (χ2v) is 9.73. The zero-order valence-electron chi connectivity index (χ0n) is 18.9. The topological polar surface area (TPSA) is 104 Å². The van der Waals surface area contributed by atoms with Crippen LogP contribution in [0.3, 0.4) is 0 Å². The zero-order valence-corrected chi connectivity index (χ0v) is 18.9. The number of aliphatic carboxylic acids is 1. The Balaban J connectivity index is 2.06. The van der Waals surface area contributed by atoms with Gasteiger partial charge in [-0.3, -0.25) is 9.59 Å². The average molecular weight is 425 g/mol. The lowest BCUT2D eigenvalue weighted by Gasteiger charge is -2.47. The summed E-state index contributed by atoms with van der Waals surface area (Å²) < 4.78 is 6.04. The van der Waals surface area contributed by atoms with Crippen LogP contribution in [-0.2, 0) is 14.3 Å². The Morgan fingerprint density at radius 2 is 1.83 bits per heavy atom. The molecule has 0 saturated heterocycles. The van der Waals surface area contributed by atoms with E-state index in [4.69, 9.17) is 9.84 Å². The minimum atomic E-state index is -1.06. The number of carboxylic acid groups (broad SMARTS) is 1. The van der Waals surface area contributed by atoms with E-state index in [1.807, 2.05) is 13.8 Å². The number of aliphatic hydroxyl groups excluding tert-OH is 2. The van der Waals surface area contributed by atoms with Crippen molar-refractivity contribution < 1.29 is 29.6 Å². The molecular weight excluding hydrogens is 384 g/mol. The lowest BCUT2D eigenvalue weighted by Crippen LogP contribution is -2.46. The number of carboxylic acids is 1. The fourth-order valence-corrected chi connectivity index (χ4v) is 5.27. The van der Waals surface area contributed by atoms with Crippen molar-refractivity contribution in [2.75, 3.05) is 0 Å². The predicted molar refractivity (Wildman–Crippen MR) is 115 cm³/mol. The first-order chi connectivity index (χ1) is 14.1. The number of hydrogen-bond acceptors (Lipinski definition) is 5. The van der Waals surface area contributed by atoms with Crippen LogP contribution in [0.15, 0.2) is 12.2 Å². The van der Waals surface area contributed by atoms with Crippen LogP contribution in [0, 0.1) is 35.5 Å². The van der Waals surface area contributed by atoms with Crippen molar-refractivity contribution in [1.82, 2.24) is 0 Å². The lowest BCUT2D eigenvalue weighted by atomic mass is 9.60. The standard InChI is InChI=1S/C24H40O6/c1-5-15(3)24(29)30-21-11-14(2)10-17-7-6-16(4)20(23(17)21)9-8-18(25)12-19(26)13-22(27)28/h6-7,14-21,23,25-26H,5,8-13H2,1-4H3,(H,27,28)/t14-,15-,16-,17-,18?,19+,20-,21-,23?/m0/s1. The SMILES string of the molecule is CC[C@H](C)C(=O)O[C@H]1C[C@@H](C)C[C@@H]2C=C[C@H](C)[C@H](CCC(O)C[C@@H](O)CC(=O)O)C12. The van der Waals surface area contributed by atoms with Crippen LogP contribution in [0.4, 0.5) is 0 Å². The van der Waals surface area contributed by atoms with Crippen molar-refractivity contribution in [2.45, 2.75) is 91.0 Å². The molecule has 0 aromatic rings. The van der Waals surface area contributed by atoms with Crippen molar-refractivity contribution in [3.63, 3.8) is 0 Å². The highest BCUT2D eigenvalue weighted by molar-refractivity contribution is 5.72. The molecule has 0 aromatic carbocycles. The number of ether oxygens (including phenoxy) is 1. The van der Waals surface area contributed by atoms with Crippen LogP contribution < -0.4 is 0 Å². The monoisotopic (exact) mass is 424 g/mol. The molecule has 6 nitrogen and oxygen atoms in total. The second kappa shape index (κ2) is 11.3. The van der Waals surface area contributed by atoms with Gasteiger partial charge in [-0.2, -0.15) is 0 Å². The van der Waals surface area contributed by atoms with Gasteiger partial charge in [-0.25, -0.2) is 0 Å². The van der Waals surface area contributed by atoms with E-state index in [0.717, 1.165) is 25.7 Å². The first-order valence-corrected chi connectivity index (χ1v) is 11.6. The molecule has 30 heavy (non-hydrogen) atoms. The van der Waals surface area contributed by atoms with Crippen molar-refractivity contribution in [1.29, 1.82) is 0 Å². The molecule has 3 N–H and O–H groups in total. The predicted octanol–water partition coefficient (Wildman–Crippen LogP) is 3.80. The first-order valence-electron chi connectivity index (χ1n) is 11.6. The fourth-order valence-electron chi connectivity index (χ4n) is 5.27. The number of allylic oxidation sites excluding steroid dienone is 2. The van der Waals surface area contributed by atoms with E-state index >= 15 is 0 Å². The van der Waals surface area contributed by atoms with Gasteiger partial charge in [0.05, 0.1) is 24.5 Å². The summed E-state index contributed by atoms with van der Waals surface area (Å²) in [5.41, 5.74) is 0. The van der Waals surface area contributed by atoms with Gasteiger partial charge < -0.3 is 20.1 Å². The van der Waals surface area contributed by atoms with Crippen LogP contribution in [0.5, 0.6) is 0 Å². The minimum absolute atomic E-state index is 0.0702. The highest BCUT2D eigenvalue weighted by Crippen LogP contribution is 2.47. The molecule has 0 spiro atoms. The Hall–Kier alpha value is -1.40. The van der Waals surface area contributed by atoms with Crippen LogP contribution in [0.1, 0.15) is 72.6 Å². The molecule has 6 heteroatoms. The van der Waals surface area contributed by atoms with Gasteiger partial charge in [0.2, 0.25) is 0 Å². The molecule has 0 aliphatic heterocycles. The quantitative estimate of drug-likeness (QED) is 0.364. The van der Waals surface area contributed by atoms with E-state index in [9.17, 15) is 19.8 Å². The molecule has 0 bridgehead atoms. The van der Waals surface area contributed by atoms with Crippen molar-refractivity contribution in [3.8, 4) is 0 Å². The molecule has 0 aromatic heterocycles. The highest BCUT2D eigenvalue weighted by Gasteiger charge is 2.45. The molecular formula is C24H40O6. The summed E-state index contributed by atoms with van der Waals surface area (Å²) in [5, 5.41) is 28.9. The molecule has 0 heterocycles. The van der Waals surface area contributed by atoms with Gasteiger partial charge >= 0.3 is 11.9 Å². The summed E-state index contributed by atoms with van der Waals surface area (Å²) in [4.78, 5) is 23.3. The molecule has 2 aliphatic rings. The number of esters is 1. The van der Waals surface area contributed by atoms with E-state index in [-0.39, 0.29) is 42.7 Å². The molecule has 2 unspecified atom stereocenters. The van der Waals surface area contributed by atoms with Crippen LogP contribution in [0.25, 0.3) is 0 Å². The first kappa shape index (κ1) is 24.9. The smallest absolute Gasteiger partial charge is 0.308 e. The van der Waals surface area contributed by atoms with Gasteiger partial charge in [-0.15, -0.1) is 0 Å². The lowest BCUT2D eigenvalue weighted by molar-refractivity contribution is -0.163. The maximum atomic E-state index is 12.5. The maximum Gasteiger partial charge on any atom is 0.308 e. The van der Waals surface area contributed by atoms with Gasteiger partial charge in [-0.05, 0) is 62.2 Å². The second-order valence-electron chi connectivity index (χ2n) is 9.73. The van der Waals surface area contributed by atoms with Crippen LogP contribution in [-0.4, -0.2) is 45.6 Å². The Kier molecular flexibility index (Phi) is 9.35. The molecule has 2 aliphatic carbocycles. The van der Waals surface area contributed by atoms with Gasteiger partial charge in [-0.1, -0.05) is 39.8 Å². The average Bonchev–Trinajstić information content (AvgIpc) is 2.65. The number of aliphatic hydroxyl groups is 2. The largest absolute Gasteiger partial charge is 0.481 e. The summed E-state index contributed by atoms with van der Waals surface area (Å²) in [5.74, 6) is 0.433. The van der Waals surface area contributed by atoms with Crippen LogP contribution in [0.2, 0.25) is 0 Å². The normalized spacial score (nSPS) is 33.9.